The normalized spacial score (nSPS) is 10.4. The quantitative estimate of drug-likeness (QED) is 0.714. The van der Waals surface area contributed by atoms with Crippen LogP contribution < -0.4 is 0 Å². The second-order valence-corrected chi connectivity index (χ2v) is 5.07. The van der Waals surface area contributed by atoms with Gasteiger partial charge in [-0.3, -0.25) is 0 Å². The van der Waals surface area contributed by atoms with E-state index >= 15 is 0 Å². The summed E-state index contributed by atoms with van der Waals surface area (Å²) in [6, 6.07) is 17.1. The molecule has 82 valence electrons. The molecule has 0 bridgehead atoms. The molecule has 0 aliphatic rings. The molecule has 2 aromatic rings. The summed E-state index contributed by atoms with van der Waals surface area (Å²) < 4.78 is 0. The lowest BCUT2D eigenvalue weighted by molar-refractivity contribution is 1.26. The van der Waals surface area contributed by atoms with Crippen molar-refractivity contribution in [3.05, 3.63) is 48.5 Å². The molecule has 0 spiro atoms. The van der Waals surface area contributed by atoms with Gasteiger partial charge in [0.1, 0.15) is 0 Å². The first-order valence-electron chi connectivity index (χ1n) is 5.13. The molecule has 0 atom stereocenters. The lowest BCUT2D eigenvalue weighted by Gasteiger charge is -2.11. The zero-order valence-electron chi connectivity index (χ0n) is 9.44. The van der Waals surface area contributed by atoms with Crippen LogP contribution in [-0.4, -0.2) is 12.5 Å². The van der Waals surface area contributed by atoms with E-state index in [-0.39, 0.29) is 0 Å². The molecule has 0 nitrogen and oxygen atoms in total. The summed E-state index contributed by atoms with van der Waals surface area (Å²) in [5.41, 5.74) is 2.63. The van der Waals surface area contributed by atoms with Crippen molar-refractivity contribution in [3.8, 4) is 11.1 Å². The van der Waals surface area contributed by atoms with Gasteiger partial charge in [0.2, 0.25) is 0 Å². The summed E-state index contributed by atoms with van der Waals surface area (Å²) in [4.78, 5) is 2.73. The van der Waals surface area contributed by atoms with E-state index in [9.17, 15) is 0 Å². The van der Waals surface area contributed by atoms with Gasteiger partial charge in [-0.25, -0.2) is 0 Å². The molecule has 0 heterocycles. The highest BCUT2D eigenvalue weighted by Crippen LogP contribution is 2.36. The zero-order valence-corrected chi connectivity index (χ0v) is 11.1. The summed E-state index contributed by atoms with van der Waals surface area (Å²) in [6.45, 7) is 0. The van der Waals surface area contributed by atoms with Crippen molar-refractivity contribution in [2.75, 3.05) is 12.5 Å². The van der Waals surface area contributed by atoms with Crippen LogP contribution in [-0.2, 0) is 0 Å². The molecule has 0 aliphatic heterocycles. The van der Waals surface area contributed by atoms with Crippen molar-refractivity contribution < 1.29 is 0 Å². The third-order valence-electron chi connectivity index (χ3n) is 2.49. The Morgan fingerprint density at radius 2 is 1.50 bits per heavy atom. The topological polar surface area (TPSA) is 0 Å². The molecule has 0 radical (unpaired) electrons. The molecule has 2 heteroatoms. The molecule has 0 fully saturated rings. The number of hydrogen-bond donors (Lipinski definition) is 0. The van der Waals surface area contributed by atoms with Crippen LogP contribution in [0.2, 0.25) is 0 Å². The Bertz CT molecular complexity index is 463. The van der Waals surface area contributed by atoms with E-state index in [0.717, 1.165) is 0 Å². The zero-order chi connectivity index (χ0) is 11.4. The van der Waals surface area contributed by atoms with E-state index in [1.807, 2.05) is 23.5 Å². The lowest BCUT2D eigenvalue weighted by atomic mass is 10.1. The Labute approximate surface area is 105 Å². The number of benzene rings is 2. The maximum Gasteiger partial charge on any atom is 0.0284 e. The van der Waals surface area contributed by atoms with E-state index in [2.05, 4.69) is 61.0 Å². The maximum atomic E-state index is 2.20. The van der Waals surface area contributed by atoms with E-state index in [0.29, 0.717) is 0 Å². The fourth-order valence-electron chi connectivity index (χ4n) is 1.73. The van der Waals surface area contributed by atoms with Crippen molar-refractivity contribution >= 4 is 23.5 Å². The summed E-state index contributed by atoms with van der Waals surface area (Å²) >= 11 is 3.63. The third-order valence-corrected chi connectivity index (χ3v) is 4.25. The summed E-state index contributed by atoms with van der Waals surface area (Å²) in [6.07, 6.45) is 4.27. The first-order chi connectivity index (χ1) is 7.86. The van der Waals surface area contributed by atoms with Crippen LogP contribution >= 0.6 is 23.5 Å². The van der Waals surface area contributed by atoms with Crippen molar-refractivity contribution in [1.82, 2.24) is 0 Å². The molecule has 16 heavy (non-hydrogen) atoms. The average molecular weight is 246 g/mol. The predicted octanol–water partition coefficient (Wildman–Crippen LogP) is 4.80. The van der Waals surface area contributed by atoms with Gasteiger partial charge in [0, 0.05) is 9.79 Å². The Balaban J connectivity index is 2.57. The highest BCUT2D eigenvalue weighted by Gasteiger charge is 2.07. The van der Waals surface area contributed by atoms with Crippen molar-refractivity contribution in [1.29, 1.82) is 0 Å². The predicted molar refractivity (Wildman–Crippen MR) is 75.4 cm³/mol. The SMILES string of the molecule is CSc1cccc(-c2ccccc2)c1SC. The first kappa shape index (κ1) is 11.6. The fourth-order valence-corrected chi connectivity index (χ4v) is 3.42. The van der Waals surface area contributed by atoms with E-state index < -0.39 is 0 Å². The smallest absolute Gasteiger partial charge is 0.0284 e. The molecule has 0 N–H and O–H groups in total. The van der Waals surface area contributed by atoms with Gasteiger partial charge in [-0.1, -0.05) is 42.5 Å². The van der Waals surface area contributed by atoms with Gasteiger partial charge in [-0.2, -0.15) is 0 Å². The second-order valence-electron chi connectivity index (χ2n) is 3.41. The van der Waals surface area contributed by atoms with E-state index in [1.54, 1.807) is 0 Å². The summed E-state index contributed by atoms with van der Waals surface area (Å²) in [5, 5.41) is 0. The van der Waals surface area contributed by atoms with Crippen molar-refractivity contribution in [2.24, 2.45) is 0 Å². The Kier molecular flexibility index (Phi) is 3.97. The third kappa shape index (κ3) is 2.28. The van der Waals surface area contributed by atoms with Gasteiger partial charge >= 0.3 is 0 Å². The van der Waals surface area contributed by atoms with Crippen LogP contribution in [0.5, 0.6) is 0 Å². The average Bonchev–Trinajstić information content (AvgIpc) is 2.38. The Morgan fingerprint density at radius 1 is 0.750 bits per heavy atom. The molecule has 0 aromatic heterocycles. The highest BCUT2D eigenvalue weighted by atomic mass is 32.2. The van der Waals surface area contributed by atoms with E-state index in [1.165, 1.54) is 20.9 Å². The fraction of sp³-hybridized carbons (Fsp3) is 0.143. The Morgan fingerprint density at radius 3 is 2.12 bits per heavy atom. The number of thioether (sulfide) groups is 2. The maximum absolute atomic E-state index is 2.20. The molecule has 2 aromatic carbocycles. The molecule has 0 saturated heterocycles. The molecule has 0 saturated carbocycles. The minimum Gasteiger partial charge on any atom is -0.128 e. The van der Waals surface area contributed by atoms with Crippen LogP contribution in [0.4, 0.5) is 0 Å². The minimum absolute atomic E-state index is 1.29. The standard InChI is InChI=1S/C14H14S2/c1-15-13-10-6-9-12(14(13)16-2)11-7-4-3-5-8-11/h3-10H,1-2H3. The van der Waals surface area contributed by atoms with Gasteiger partial charge in [-0.05, 0) is 29.7 Å². The van der Waals surface area contributed by atoms with Crippen molar-refractivity contribution in [3.63, 3.8) is 0 Å². The van der Waals surface area contributed by atoms with Gasteiger partial charge in [0.25, 0.3) is 0 Å². The van der Waals surface area contributed by atoms with Gasteiger partial charge in [-0.15, -0.1) is 23.5 Å². The first-order valence-corrected chi connectivity index (χ1v) is 7.58. The van der Waals surface area contributed by atoms with Gasteiger partial charge in [0.15, 0.2) is 0 Å². The number of hydrogen-bond acceptors (Lipinski definition) is 2. The molecule has 0 unspecified atom stereocenters. The lowest BCUT2D eigenvalue weighted by Crippen LogP contribution is -1.84. The molecule has 0 amide bonds. The van der Waals surface area contributed by atoms with Crippen LogP contribution in [0.25, 0.3) is 11.1 Å². The minimum atomic E-state index is 1.29. The largest absolute Gasteiger partial charge is 0.128 e. The second kappa shape index (κ2) is 5.46. The van der Waals surface area contributed by atoms with Crippen LogP contribution in [0, 0.1) is 0 Å². The summed E-state index contributed by atoms with van der Waals surface area (Å²) in [7, 11) is 0. The number of rotatable bonds is 3. The van der Waals surface area contributed by atoms with Gasteiger partial charge in [0.05, 0.1) is 0 Å². The molecule has 0 aliphatic carbocycles. The molecule has 2 rings (SSSR count). The molecular weight excluding hydrogens is 232 g/mol. The van der Waals surface area contributed by atoms with Crippen LogP contribution in [0.3, 0.4) is 0 Å². The van der Waals surface area contributed by atoms with Gasteiger partial charge < -0.3 is 0 Å². The monoisotopic (exact) mass is 246 g/mol. The molecular formula is C14H14S2. The van der Waals surface area contributed by atoms with Crippen LogP contribution in [0.15, 0.2) is 58.3 Å². The van der Waals surface area contributed by atoms with Crippen LogP contribution in [0.1, 0.15) is 0 Å². The van der Waals surface area contributed by atoms with E-state index in [4.69, 9.17) is 0 Å². The summed E-state index contributed by atoms with van der Waals surface area (Å²) in [5.74, 6) is 0. The van der Waals surface area contributed by atoms with Crippen molar-refractivity contribution in [2.45, 2.75) is 9.79 Å². The highest BCUT2D eigenvalue weighted by molar-refractivity contribution is 8.01. The Hall–Kier alpha value is -0.860.